The van der Waals surface area contributed by atoms with Crippen molar-refractivity contribution >= 4 is 45.9 Å². The van der Waals surface area contributed by atoms with Crippen molar-refractivity contribution in [2.45, 2.75) is 44.1 Å². The minimum atomic E-state index is -0.740. The van der Waals surface area contributed by atoms with Crippen LogP contribution in [0.15, 0.2) is 30.5 Å². The molecule has 1 aromatic heterocycles. The van der Waals surface area contributed by atoms with Gasteiger partial charge in [0.1, 0.15) is 5.54 Å². The third kappa shape index (κ3) is 4.13. The zero-order chi connectivity index (χ0) is 20.4. The fourth-order valence-electron chi connectivity index (χ4n) is 3.87. The number of anilines is 1. The van der Waals surface area contributed by atoms with Crippen LogP contribution in [0.25, 0.3) is 0 Å². The Morgan fingerprint density at radius 3 is 2.79 bits per heavy atom. The third-order valence-corrected chi connectivity index (χ3v) is 6.67. The summed E-state index contributed by atoms with van der Waals surface area (Å²) in [6.45, 7) is 0.0656. The van der Waals surface area contributed by atoms with Crippen LogP contribution in [-0.2, 0) is 16.0 Å². The number of imide groups is 1. The number of amides is 4. The van der Waals surface area contributed by atoms with E-state index in [-0.39, 0.29) is 24.8 Å². The number of nitrogens with zero attached hydrogens (tertiary/aromatic N) is 2. The third-order valence-electron chi connectivity index (χ3n) is 5.39. The number of urea groups is 1. The van der Waals surface area contributed by atoms with Crippen molar-refractivity contribution in [1.82, 2.24) is 15.2 Å². The standard InChI is InChI=1S/C20H21ClN4O3S/c21-15-6-2-1-5-13(15)11-14-12-22-18(29-14)23-16(26)7-10-25-17(27)20(24-19(25)28)8-3-4-9-20/h1-2,5-6,12H,3-4,7-11H2,(H,24,28)(H,22,23,26). The van der Waals surface area contributed by atoms with E-state index in [4.69, 9.17) is 11.6 Å². The van der Waals surface area contributed by atoms with Crippen LogP contribution in [0.4, 0.5) is 9.93 Å². The van der Waals surface area contributed by atoms with E-state index in [1.807, 2.05) is 24.3 Å². The van der Waals surface area contributed by atoms with Gasteiger partial charge >= 0.3 is 6.03 Å². The van der Waals surface area contributed by atoms with Crippen molar-refractivity contribution in [2.24, 2.45) is 0 Å². The highest BCUT2D eigenvalue weighted by Gasteiger charge is 2.52. The average molecular weight is 433 g/mol. The lowest BCUT2D eigenvalue weighted by molar-refractivity contribution is -0.131. The summed E-state index contributed by atoms with van der Waals surface area (Å²) in [5.74, 6) is -0.485. The molecule has 1 aliphatic carbocycles. The second-order valence-electron chi connectivity index (χ2n) is 7.37. The van der Waals surface area contributed by atoms with Crippen molar-refractivity contribution in [3.05, 3.63) is 45.9 Å². The molecular formula is C20H21ClN4O3S. The number of carbonyl (C=O) groups is 3. The number of aromatic nitrogens is 1. The summed E-state index contributed by atoms with van der Waals surface area (Å²) in [6.07, 6.45) is 5.60. The summed E-state index contributed by atoms with van der Waals surface area (Å²) >= 11 is 7.56. The Kier molecular flexibility index (Phi) is 5.56. The lowest BCUT2D eigenvalue weighted by atomic mass is 9.98. The number of thiazole rings is 1. The molecule has 2 fully saturated rings. The SMILES string of the molecule is O=C(CCN1C(=O)NC2(CCCC2)C1=O)Nc1ncc(Cc2ccccc2Cl)s1. The maximum absolute atomic E-state index is 12.6. The predicted octanol–water partition coefficient (Wildman–Crippen LogP) is 3.58. The zero-order valence-corrected chi connectivity index (χ0v) is 17.3. The van der Waals surface area contributed by atoms with Gasteiger partial charge in [-0.1, -0.05) is 42.6 Å². The Bertz CT molecular complexity index is 955. The molecule has 2 heterocycles. The molecule has 1 aromatic carbocycles. The highest BCUT2D eigenvalue weighted by Crippen LogP contribution is 2.35. The summed E-state index contributed by atoms with van der Waals surface area (Å²) in [7, 11) is 0. The second-order valence-corrected chi connectivity index (χ2v) is 8.90. The van der Waals surface area contributed by atoms with Crippen molar-refractivity contribution in [3.63, 3.8) is 0 Å². The average Bonchev–Trinajstić information content (AvgIpc) is 3.38. The van der Waals surface area contributed by atoms with E-state index in [9.17, 15) is 14.4 Å². The Balaban J connectivity index is 1.30. The zero-order valence-electron chi connectivity index (χ0n) is 15.7. The van der Waals surface area contributed by atoms with Crippen LogP contribution in [0.5, 0.6) is 0 Å². The molecule has 29 heavy (non-hydrogen) atoms. The summed E-state index contributed by atoms with van der Waals surface area (Å²) < 4.78 is 0. The molecule has 0 radical (unpaired) electrons. The monoisotopic (exact) mass is 432 g/mol. The first kappa shape index (κ1) is 19.8. The quantitative estimate of drug-likeness (QED) is 0.682. The first-order valence-electron chi connectivity index (χ1n) is 9.59. The molecule has 2 aromatic rings. The van der Waals surface area contributed by atoms with Gasteiger partial charge in [-0.25, -0.2) is 9.78 Å². The van der Waals surface area contributed by atoms with Crippen LogP contribution in [-0.4, -0.2) is 39.8 Å². The van der Waals surface area contributed by atoms with E-state index in [1.54, 1.807) is 6.20 Å². The fraction of sp³-hybridized carbons (Fsp3) is 0.400. The molecule has 0 atom stereocenters. The molecule has 4 rings (SSSR count). The van der Waals surface area contributed by atoms with Gasteiger partial charge in [0, 0.05) is 35.5 Å². The Hall–Kier alpha value is -2.45. The minimum absolute atomic E-state index is 0.0364. The van der Waals surface area contributed by atoms with Gasteiger partial charge in [-0.3, -0.25) is 14.5 Å². The van der Waals surface area contributed by atoms with Gasteiger partial charge < -0.3 is 10.6 Å². The smallest absolute Gasteiger partial charge is 0.323 e. The number of hydrogen-bond acceptors (Lipinski definition) is 5. The van der Waals surface area contributed by atoms with Crippen LogP contribution in [0.3, 0.4) is 0 Å². The lowest BCUT2D eigenvalue weighted by Gasteiger charge is -2.19. The number of nitrogens with one attached hydrogen (secondary N) is 2. The highest BCUT2D eigenvalue weighted by atomic mass is 35.5. The molecule has 4 amide bonds. The molecule has 0 bridgehead atoms. The van der Waals surface area contributed by atoms with Gasteiger partial charge in [0.25, 0.3) is 5.91 Å². The van der Waals surface area contributed by atoms with Crippen LogP contribution in [0.2, 0.25) is 5.02 Å². The lowest BCUT2D eigenvalue weighted by Crippen LogP contribution is -2.44. The molecule has 1 aliphatic heterocycles. The van der Waals surface area contributed by atoms with Crippen molar-refractivity contribution in [3.8, 4) is 0 Å². The molecule has 2 N–H and O–H groups in total. The molecule has 9 heteroatoms. The largest absolute Gasteiger partial charge is 0.325 e. The van der Waals surface area contributed by atoms with Gasteiger partial charge in [-0.05, 0) is 24.5 Å². The summed E-state index contributed by atoms with van der Waals surface area (Å²) in [4.78, 5) is 43.4. The Labute approximate surface area is 177 Å². The normalized spacial score (nSPS) is 17.8. The topological polar surface area (TPSA) is 91.4 Å². The summed E-state index contributed by atoms with van der Waals surface area (Å²) in [6, 6.07) is 7.20. The summed E-state index contributed by atoms with van der Waals surface area (Å²) in [5, 5.41) is 6.74. The number of hydrogen-bond donors (Lipinski definition) is 2. The van der Waals surface area contributed by atoms with Gasteiger partial charge in [0.15, 0.2) is 5.13 Å². The van der Waals surface area contributed by atoms with E-state index >= 15 is 0 Å². The predicted molar refractivity (Wildman–Crippen MR) is 111 cm³/mol. The van der Waals surface area contributed by atoms with Gasteiger partial charge in [0.05, 0.1) is 0 Å². The molecule has 1 saturated heterocycles. The summed E-state index contributed by atoms with van der Waals surface area (Å²) in [5.41, 5.74) is 0.256. The van der Waals surface area contributed by atoms with E-state index in [0.29, 0.717) is 29.4 Å². The maximum atomic E-state index is 12.6. The maximum Gasteiger partial charge on any atom is 0.325 e. The van der Waals surface area contributed by atoms with Crippen LogP contribution in [0.1, 0.15) is 42.5 Å². The first-order valence-corrected chi connectivity index (χ1v) is 10.8. The highest BCUT2D eigenvalue weighted by molar-refractivity contribution is 7.15. The molecule has 7 nitrogen and oxygen atoms in total. The molecule has 1 spiro atoms. The van der Waals surface area contributed by atoms with Crippen LogP contribution >= 0.6 is 22.9 Å². The number of halogens is 1. The fourth-order valence-corrected chi connectivity index (χ4v) is 4.92. The first-order chi connectivity index (χ1) is 14.0. The van der Waals surface area contributed by atoms with Gasteiger partial charge in [0.2, 0.25) is 5.91 Å². The minimum Gasteiger partial charge on any atom is -0.323 e. The van der Waals surface area contributed by atoms with Crippen LogP contribution < -0.4 is 10.6 Å². The molecular weight excluding hydrogens is 412 g/mol. The van der Waals surface area contributed by atoms with Crippen molar-refractivity contribution in [2.75, 3.05) is 11.9 Å². The number of benzene rings is 1. The Morgan fingerprint density at radius 1 is 1.28 bits per heavy atom. The molecule has 2 aliphatic rings. The molecule has 1 saturated carbocycles. The van der Waals surface area contributed by atoms with Crippen molar-refractivity contribution in [1.29, 1.82) is 0 Å². The van der Waals surface area contributed by atoms with E-state index < -0.39 is 11.6 Å². The van der Waals surface area contributed by atoms with E-state index in [0.717, 1.165) is 28.2 Å². The molecule has 152 valence electrons. The number of carbonyl (C=O) groups excluding carboxylic acids is 3. The van der Waals surface area contributed by atoms with Gasteiger partial charge in [-0.15, -0.1) is 11.3 Å². The van der Waals surface area contributed by atoms with Crippen molar-refractivity contribution < 1.29 is 14.4 Å². The Morgan fingerprint density at radius 2 is 2.03 bits per heavy atom. The van der Waals surface area contributed by atoms with Crippen LogP contribution in [0, 0.1) is 0 Å². The number of rotatable bonds is 6. The van der Waals surface area contributed by atoms with E-state index in [1.165, 1.54) is 11.3 Å². The molecule has 0 unspecified atom stereocenters. The second kappa shape index (κ2) is 8.12. The van der Waals surface area contributed by atoms with Gasteiger partial charge in [-0.2, -0.15) is 0 Å². The van der Waals surface area contributed by atoms with E-state index in [2.05, 4.69) is 15.6 Å².